The van der Waals surface area contributed by atoms with E-state index in [9.17, 15) is 13.2 Å². The molecule has 0 spiro atoms. The molecule has 0 bridgehead atoms. The minimum absolute atomic E-state index is 0.128. The normalized spacial score (nSPS) is 12.2. The summed E-state index contributed by atoms with van der Waals surface area (Å²) in [6.07, 6.45) is 0.0474. The second kappa shape index (κ2) is 3.63. The Labute approximate surface area is 99.5 Å². The summed E-state index contributed by atoms with van der Waals surface area (Å²) in [5.74, 6) is 0.437. The number of hydrogen-bond donors (Lipinski definition) is 0. The minimum atomic E-state index is -4.42. The molecule has 0 aromatic carbocycles. The van der Waals surface area contributed by atoms with Crippen LogP contribution in [0.15, 0.2) is 47.3 Å². The summed E-state index contributed by atoms with van der Waals surface area (Å²) < 4.78 is 44.8. The standard InChI is InChI=1S/C12H7F3N2O/c13-12(14,15)8-3-1-5-17-7-9(16-11(8)17)10-4-2-6-18-10/h1-7H. The molecule has 3 heterocycles. The number of nitrogens with zero attached hydrogens (tertiary/aromatic N) is 2. The Morgan fingerprint density at radius 3 is 2.67 bits per heavy atom. The first kappa shape index (κ1) is 10.9. The fourth-order valence-corrected chi connectivity index (χ4v) is 1.78. The van der Waals surface area contributed by atoms with Crippen molar-refractivity contribution in [1.82, 2.24) is 9.38 Å². The number of imidazole rings is 1. The summed E-state index contributed by atoms with van der Waals surface area (Å²) in [4.78, 5) is 3.97. The van der Waals surface area contributed by atoms with E-state index in [0.29, 0.717) is 11.5 Å². The summed E-state index contributed by atoms with van der Waals surface area (Å²) in [6.45, 7) is 0. The molecule has 0 aliphatic rings. The number of aromatic nitrogens is 2. The van der Waals surface area contributed by atoms with Crippen LogP contribution in [0, 0.1) is 0 Å². The Hall–Kier alpha value is -2.24. The molecule has 3 aromatic heterocycles. The van der Waals surface area contributed by atoms with Crippen molar-refractivity contribution in [1.29, 1.82) is 0 Å². The van der Waals surface area contributed by atoms with Crippen LogP contribution in [0.25, 0.3) is 17.1 Å². The van der Waals surface area contributed by atoms with Crippen LogP contribution in [0.1, 0.15) is 5.56 Å². The van der Waals surface area contributed by atoms with E-state index in [4.69, 9.17) is 4.42 Å². The highest BCUT2D eigenvalue weighted by atomic mass is 19.4. The quantitative estimate of drug-likeness (QED) is 0.662. The molecule has 0 radical (unpaired) electrons. The van der Waals surface area contributed by atoms with Gasteiger partial charge in [0.25, 0.3) is 0 Å². The first-order valence-electron chi connectivity index (χ1n) is 5.14. The molecule has 6 heteroatoms. The number of alkyl halides is 3. The van der Waals surface area contributed by atoms with Crippen molar-refractivity contribution in [3.63, 3.8) is 0 Å². The van der Waals surface area contributed by atoms with Gasteiger partial charge >= 0.3 is 6.18 Å². The lowest BCUT2D eigenvalue weighted by Gasteiger charge is -2.06. The summed E-state index contributed by atoms with van der Waals surface area (Å²) in [5, 5.41) is 0. The smallest absolute Gasteiger partial charge is 0.419 e. The number of furan rings is 1. The summed E-state index contributed by atoms with van der Waals surface area (Å²) in [6, 6.07) is 5.65. The molecule has 0 aliphatic carbocycles. The Bertz CT molecular complexity index is 683. The Balaban J connectivity index is 2.24. The molecule has 92 valence electrons. The molecule has 0 saturated heterocycles. The monoisotopic (exact) mass is 252 g/mol. The van der Waals surface area contributed by atoms with E-state index in [0.717, 1.165) is 6.07 Å². The van der Waals surface area contributed by atoms with Crippen molar-refractivity contribution >= 4 is 5.65 Å². The van der Waals surface area contributed by atoms with Crippen LogP contribution in [0.3, 0.4) is 0 Å². The lowest BCUT2D eigenvalue weighted by atomic mass is 10.2. The van der Waals surface area contributed by atoms with Crippen LogP contribution in [0.4, 0.5) is 13.2 Å². The van der Waals surface area contributed by atoms with E-state index in [1.165, 1.54) is 29.1 Å². The highest BCUT2D eigenvalue weighted by Crippen LogP contribution is 2.33. The van der Waals surface area contributed by atoms with E-state index >= 15 is 0 Å². The van der Waals surface area contributed by atoms with Crippen molar-refractivity contribution in [3.8, 4) is 11.5 Å². The van der Waals surface area contributed by atoms with Gasteiger partial charge in [-0.1, -0.05) is 0 Å². The number of rotatable bonds is 1. The maximum Gasteiger partial charge on any atom is 0.419 e. The highest BCUT2D eigenvalue weighted by Gasteiger charge is 2.33. The molecule has 3 rings (SSSR count). The van der Waals surface area contributed by atoms with Gasteiger partial charge < -0.3 is 8.82 Å². The zero-order valence-electron chi connectivity index (χ0n) is 8.98. The predicted octanol–water partition coefficient (Wildman–Crippen LogP) is 3.61. The molecule has 3 aromatic rings. The van der Waals surface area contributed by atoms with Gasteiger partial charge in [0.05, 0.1) is 11.8 Å². The first-order valence-corrected chi connectivity index (χ1v) is 5.14. The van der Waals surface area contributed by atoms with Crippen LogP contribution in [-0.4, -0.2) is 9.38 Å². The molecule has 0 unspecified atom stereocenters. The molecule has 0 fully saturated rings. The third kappa shape index (κ3) is 1.66. The lowest BCUT2D eigenvalue weighted by molar-refractivity contribution is -0.136. The van der Waals surface area contributed by atoms with E-state index in [1.54, 1.807) is 12.1 Å². The highest BCUT2D eigenvalue weighted by molar-refractivity contribution is 5.60. The van der Waals surface area contributed by atoms with Crippen molar-refractivity contribution in [2.45, 2.75) is 6.18 Å². The molecule has 0 atom stereocenters. The van der Waals surface area contributed by atoms with Crippen molar-refractivity contribution in [2.75, 3.05) is 0 Å². The molecule has 0 amide bonds. The van der Waals surface area contributed by atoms with Gasteiger partial charge in [-0.25, -0.2) is 4.98 Å². The Kier molecular flexibility index (Phi) is 2.19. The fourth-order valence-electron chi connectivity index (χ4n) is 1.78. The van der Waals surface area contributed by atoms with E-state index in [2.05, 4.69) is 4.98 Å². The second-order valence-corrected chi connectivity index (χ2v) is 3.75. The SMILES string of the molecule is FC(F)(F)c1cccn2cc(-c3ccco3)nc12. The topological polar surface area (TPSA) is 30.4 Å². The number of hydrogen-bond acceptors (Lipinski definition) is 2. The number of pyridine rings is 1. The average Bonchev–Trinajstić information content (AvgIpc) is 2.95. The zero-order chi connectivity index (χ0) is 12.8. The van der Waals surface area contributed by atoms with Gasteiger partial charge in [0.2, 0.25) is 0 Å². The minimum Gasteiger partial charge on any atom is -0.463 e. The summed E-state index contributed by atoms with van der Waals surface area (Å²) >= 11 is 0. The maximum absolute atomic E-state index is 12.8. The fraction of sp³-hybridized carbons (Fsp3) is 0.0833. The zero-order valence-corrected chi connectivity index (χ0v) is 8.98. The van der Waals surface area contributed by atoms with Crippen LogP contribution in [0.5, 0.6) is 0 Å². The summed E-state index contributed by atoms with van der Waals surface area (Å²) in [5.41, 5.74) is -0.518. The van der Waals surface area contributed by atoms with Gasteiger partial charge in [-0.2, -0.15) is 13.2 Å². The molecule has 0 aliphatic heterocycles. The largest absolute Gasteiger partial charge is 0.463 e. The lowest BCUT2D eigenvalue weighted by Crippen LogP contribution is -2.07. The third-order valence-electron chi connectivity index (χ3n) is 2.56. The third-order valence-corrected chi connectivity index (χ3v) is 2.56. The van der Waals surface area contributed by atoms with Gasteiger partial charge in [-0.15, -0.1) is 0 Å². The molecule has 0 saturated carbocycles. The van der Waals surface area contributed by atoms with E-state index < -0.39 is 11.7 Å². The molecule has 18 heavy (non-hydrogen) atoms. The Morgan fingerprint density at radius 2 is 2.00 bits per heavy atom. The molecule has 3 nitrogen and oxygen atoms in total. The maximum atomic E-state index is 12.8. The van der Waals surface area contributed by atoms with Crippen LogP contribution >= 0.6 is 0 Å². The second-order valence-electron chi connectivity index (χ2n) is 3.75. The van der Waals surface area contributed by atoms with Crippen LogP contribution in [-0.2, 0) is 6.18 Å². The molecular weight excluding hydrogens is 245 g/mol. The van der Waals surface area contributed by atoms with Gasteiger partial charge in [-0.05, 0) is 24.3 Å². The summed E-state index contributed by atoms with van der Waals surface area (Å²) in [7, 11) is 0. The Morgan fingerprint density at radius 1 is 1.17 bits per heavy atom. The van der Waals surface area contributed by atoms with Crippen LogP contribution in [0.2, 0.25) is 0 Å². The van der Waals surface area contributed by atoms with Crippen molar-refractivity contribution in [3.05, 3.63) is 48.5 Å². The molecule has 0 N–H and O–H groups in total. The van der Waals surface area contributed by atoms with Gasteiger partial charge in [0.1, 0.15) is 11.3 Å². The van der Waals surface area contributed by atoms with Crippen molar-refractivity contribution < 1.29 is 17.6 Å². The van der Waals surface area contributed by atoms with E-state index in [1.807, 2.05) is 0 Å². The van der Waals surface area contributed by atoms with Crippen molar-refractivity contribution in [2.24, 2.45) is 0 Å². The number of fused-ring (bicyclic) bond motifs is 1. The van der Waals surface area contributed by atoms with Crippen LogP contribution < -0.4 is 0 Å². The predicted molar refractivity (Wildman–Crippen MR) is 57.9 cm³/mol. The molecular formula is C12H7F3N2O. The number of halogens is 3. The average molecular weight is 252 g/mol. The van der Waals surface area contributed by atoms with Gasteiger partial charge in [0, 0.05) is 12.4 Å². The first-order chi connectivity index (χ1) is 8.55. The van der Waals surface area contributed by atoms with Gasteiger partial charge in [-0.3, -0.25) is 0 Å². The van der Waals surface area contributed by atoms with E-state index in [-0.39, 0.29) is 5.65 Å². The van der Waals surface area contributed by atoms with Gasteiger partial charge in [0.15, 0.2) is 5.76 Å².